The Balaban J connectivity index is 0.000000810. The molecule has 2 atom stereocenters. The minimum absolute atomic E-state index is 0. The van der Waals surface area contributed by atoms with Crippen LogP contribution >= 0.6 is 12.4 Å². The Morgan fingerprint density at radius 1 is 1.70 bits per heavy atom. The maximum absolute atomic E-state index is 9.24. The van der Waals surface area contributed by atoms with Crippen LogP contribution in [0.1, 0.15) is 19.8 Å². The van der Waals surface area contributed by atoms with Gasteiger partial charge in [0.25, 0.3) is 0 Å². The fraction of sp³-hybridized carbons (Fsp3) is 1.00. The van der Waals surface area contributed by atoms with Crippen molar-refractivity contribution >= 4 is 12.4 Å². The van der Waals surface area contributed by atoms with Crippen molar-refractivity contribution in [2.24, 2.45) is 5.73 Å². The van der Waals surface area contributed by atoms with Crippen LogP contribution in [0.15, 0.2) is 0 Å². The van der Waals surface area contributed by atoms with Gasteiger partial charge >= 0.3 is 0 Å². The number of hydrogen-bond acceptors (Lipinski definition) is 3. The quantitative estimate of drug-likeness (QED) is 0.509. The van der Waals surface area contributed by atoms with E-state index in [-0.39, 0.29) is 18.5 Å². The average Bonchev–Trinajstić information content (AvgIpc) is 1.60. The third-order valence-electron chi connectivity index (χ3n) is 1.58. The fourth-order valence-electron chi connectivity index (χ4n) is 1.10. The topological polar surface area (TPSA) is 55.5 Å². The van der Waals surface area contributed by atoms with Crippen LogP contribution < -0.4 is 5.73 Å². The van der Waals surface area contributed by atoms with Gasteiger partial charge in [-0.15, -0.1) is 12.4 Å². The van der Waals surface area contributed by atoms with Crippen LogP contribution in [0, 0.1) is 0 Å². The minimum Gasteiger partial charge on any atom is -0.378 e. The Morgan fingerprint density at radius 2 is 2.30 bits per heavy atom. The third kappa shape index (κ3) is 2.84. The summed E-state index contributed by atoms with van der Waals surface area (Å²) in [5.41, 5.74) is 4.47. The van der Waals surface area contributed by atoms with Gasteiger partial charge in [-0.2, -0.15) is 0 Å². The lowest BCUT2D eigenvalue weighted by molar-refractivity contribution is -0.0932. The summed E-state index contributed by atoms with van der Waals surface area (Å²) < 4.78 is 5.17. The molecule has 62 valence electrons. The molecule has 1 heterocycles. The molecule has 0 aliphatic carbocycles. The first-order valence-corrected chi connectivity index (χ1v) is 3.23. The van der Waals surface area contributed by atoms with Crippen LogP contribution in [-0.2, 0) is 4.74 Å². The van der Waals surface area contributed by atoms with Gasteiger partial charge in [-0.05, 0) is 6.92 Å². The number of ether oxygens (including phenoxy) is 1. The molecule has 2 unspecified atom stereocenters. The van der Waals surface area contributed by atoms with Crippen molar-refractivity contribution in [1.82, 2.24) is 0 Å². The molecule has 0 aromatic carbocycles. The second-order valence-electron chi connectivity index (χ2n) is 2.74. The molecule has 1 saturated heterocycles. The second kappa shape index (κ2) is 3.53. The SMILES string of the molecule is CC1CC(N)(O)CCO1.Cl. The van der Waals surface area contributed by atoms with Crippen LogP contribution in [0.4, 0.5) is 0 Å². The molecular formula is C6H14ClNO2. The molecule has 0 aromatic rings. The summed E-state index contributed by atoms with van der Waals surface area (Å²) in [5.74, 6) is 0. The van der Waals surface area contributed by atoms with E-state index in [9.17, 15) is 5.11 Å². The number of halogens is 1. The molecule has 0 aromatic heterocycles. The van der Waals surface area contributed by atoms with Crippen LogP contribution in [0.3, 0.4) is 0 Å². The highest BCUT2D eigenvalue weighted by molar-refractivity contribution is 5.85. The van der Waals surface area contributed by atoms with Crippen LogP contribution in [-0.4, -0.2) is 23.5 Å². The molecule has 4 heteroatoms. The molecule has 0 saturated carbocycles. The minimum atomic E-state index is -0.975. The van der Waals surface area contributed by atoms with E-state index in [0.717, 1.165) is 0 Å². The van der Waals surface area contributed by atoms with Crippen molar-refractivity contribution in [3.8, 4) is 0 Å². The number of aliphatic hydroxyl groups is 1. The van der Waals surface area contributed by atoms with Gasteiger partial charge in [0.05, 0.1) is 12.7 Å². The number of hydrogen-bond donors (Lipinski definition) is 2. The van der Waals surface area contributed by atoms with E-state index in [4.69, 9.17) is 10.5 Å². The molecule has 0 amide bonds. The van der Waals surface area contributed by atoms with E-state index < -0.39 is 5.72 Å². The van der Waals surface area contributed by atoms with Gasteiger partial charge in [0.2, 0.25) is 0 Å². The van der Waals surface area contributed by atoms with Gasteiger partial charge < -0.3 is 15.6 Å². The van der Waals surface area contributed by atoms with Crippen LogP contribution in [0.25, 0.3) is 0 Å². The summed E-state index contributed by atoms with van der Waals surface area (Å²) in [6, 6.07) is 0. The zero-order valence-electron chi connectivity index (χ0n) is 6.04. The highest BCUT2D eigenvalue weighted by Gasteiger charge is 2.28. The maximum atomic E-state index is 9.24. The first kappa shape index (κ1) is 10.2. The lowest BCUT2D eigenvalue weighted by Crippen LogP contribution is -2.47. The van der Waals surface area contributed by atoms with Gasteiger partial charge in [-0.25, -0.2) is 0 Å². The van der Waals surface area contributed by atoms with Gasteiger partial charge in [0, 0.05) is 12.8 Å². The Hall–Kier alpha value is 0.170. The van der Waals surface area contributed by atoms with Gasteiger partial charge in [-0.1, -0.05) is 0 Å². The molecule has 0 bridgehead atoms. The molecule has 1 rings (SSSR count). The van der Waals surface area contributed by atoms with Gasteiger partial charge in [-0.3, -0.25) is 0 Å². The average molecular weight is 168 g/mol. The smallest absolute Gasteiger partial charge is 0.118 e. The molecule has 10 heavy (non-hydrogen) atoms. The van der Waals surface area contributed by atoms with Crippen molar-refractivity contribution in [3.63, 3.8) is 0 Å². The van der Waals surface area contributed by atoms with Gasteiger partial charge in [0.1, 0.15) is 5.72 Å². The molecular weight excluding hydrogens is 154 g/mol. The van der Waals surface area contributed by atoms with Crippen molar-refractivity contribution in [2.75, 3.05) is 6.61 Å². The predicted molar refractivity (Wildman–Crippen MR) is 41.0 cm³/mol. The highest BCUT2D eigenvalue weighted by Crippen LogP contribution is 2.18. The summed E-state index contributed by atoms with van der Waals surface area (Å²) >= 11 is 0. The van der Waals surface area contributed by atoms with E-state index in [1.807, 2.05) is 6.92 Å². The summed E-state index contributed by atoms with van der Waals surface area (Å²) in [7, 11) is 0. The van der Waals surface area contributed by atoms with Crippen LogP contribution in [0.2, 0.25) is 0 Å². The van der Waals surface area contributed by atoms with Crippen molar-refractivity contribution in [1.29, 1.82) is 0 Å². The van der Waals surface area contributed by atoms with Crippen LogP contribution in [0.5, 0.6) is 0 Å². The molecule has 1 aliphatic rings. The zero-order valence-corrected chi connectivity index (χ0v) is 6.86. The molecule has 3 nitrogen and oxygen atoms in total. The first-order valence-electron chi connectivity index (χ1n) is 3.23. The fourth-order valence-corrected chi connectivity index (χ4v) is 1.10. The molecule has 0 spiro atoms. The van der Waals surface area contributed by atoms with Gasteiger partial charge in [0.15, 0.2) is 0 Å². The van der Waals surface area contributed by atoms with E-state index in [1.54, 1.807) is 0 Å². The standard InChI is InChI=1S/C6H13NO2.ClH/c1-5-4-6(7,8)2-3-9-5;/h5,8H,2-4,7H2,1H3;1H. The maximum Gasteiger partial charge on any atom is 0.118 e. The van der Waals surface area contributed by atoms with E-state index in [2.05, 4.69) is 0 Å². The lowest BCUT2D eigenvalue weighted by atomic mass is 10.0. The lowest BCUT2D eigenvalue weighted by Gasteiger charge is -2.31. The molecule has 1 fully saturated rings. The normalized spacial score (nSPS) is 40.5. The Labute approximate surface area is 67.0 Å². The van der Waals surface area contributed by atoms with E-state index >= 15 is 0 Å². The first-order chi connectivity index (χ1) is 4.10. The monoisotopic (exact) mass is 167 g/mol. The molecule has 0 radical (unpaired) electrons. The largest absolute Gasteiger partial charge is 0.378 e. The Bertz CT molecular complexity index is 108. The highest BCUT2D eigenvalue weighted by atomic mass is 35.5. The van der Waals surface area contributed by atoms with Crippen molar-refractivity contribution in [2.45, 2.75) is 31.6 Å². The molecule has 3 N–H and O–H groups in total. The summed E-state index contributed by atoms with van der Waals surface area (Å²) in [6.45, 7) is 2.49. The number of rotatable bonds is 0. The van der Waals surface area contributed by atoms with E-state index in [0.29, 0.717) is 19.4 Å². The number of nitrogens with two attached hydrogens (primary N) is 1. The summed E-state index contributed by atoms with van der Waals surface area (Å²) in [4.78, 5) is 0. The summed E-state index contributed by atoms with van der Waals surface area (Å²) in [5, 5.41) is 9.24. The Morgan fingerprint density at radius 3 is 2.60 bits per heavy atom. The third-order valence-corrected chi connectivity index (χ3v) is 1.58. The Kier molecular flexibility index (Phi) is 3.59. The predicted octanol–water partition coefficient (Wildman–Crippen LogP) is 0.254. The second-order valence-corrected chi connectivity index (χ2v) is 2.74. The van der Waals surface area contributed by atoms with Crippen molar-refractivity contribution in [3.05, 3.63) is 0 Å². The molecule has 1 aliphatic heterocycles. The summed E-state index contributed by atoms with van der Waals surface area (Å²) in [6.07, 6.45) is 1.21. The van der Waals surface area contributed by atoms with E-state index in [1.165, 1.54) is 0 Å². The van der Waals surface area contributed by atoms with Crippen molar-refractivity contribution < 1.29 is 9.84 Å². The zero-order chi connectivity index (χ0) is 6.91.